The Kier molecular flexibility index (Phi) is 4.45. The van der Waals surface area contributed by atoms with E-state index in [0.717, 1.165) is 35.1 Å². The van der Waals surface area contributed by atoms with E-state index in [1.807, 2.05) is 6.07 Å². The van der Waals surface area contributed by atoms with Gasteiger partial charge in [-0.3, -0.25) is 0 Å². The van der Waals surface area contributed by atoms with Crippen LogP contribution in [-0.4, -0.2) is 14.2 Å². The summed E-state index contributed by atoms with van der Waals surface area (Å²) >= 11 is 12.2. The number of hydrogen-bond acceptors (Lipinski definition) is 2. The number of sulfone groups is 1. The Labute approximate surface area is 166 Å². The number of hydrogen-bond donors (Lipinski definition) is 0. The number of allylic oxidation sites excluding steroid dienone is 4. The van der Waals surface area contributed by atoms with Gasteiger partial charge in [0, 0.05) is 5.41 Å². The van der Waals surface area contributed by atoms with Crippen molar-refractivity contribution < 1.29 is 17.2 Å². The van der Waals surface area contributed by atoms with Crippen LogP contribution in [0.5, 0.6) is 0 Å². The average Bonchev–Trinajstić information content (AvgIpc) is 3.28. The summed E-state index contributed by atoms with van der Waals surface area (Å²) in [6.07, 6.45) is 6.42. The van der Waals surface area contributed by atoms with Gasteiger partial charge in [0.1, 0.15) is 0 Å². The molecule has 0 aromatic heterocycles. The second-order valence-corrected chi connectivity index (χ2v) is 9.54. The predicted octanol–water partition coefficient (Wildman–Crippen LogP) is 6.25. The standard InChI is InChI=1S/C20H14Cl2F2O2S/c21-17-6-3-13(9-18(17)22)16-11-20(7-8-20)10-15(16)12-1-4-14(5-2-12)27(25,26)19(23)24/h1-6,9-11,19H,7-8H2. The molecule has 0 heterocycles. The van der Waals surface area contributed by atoms with Gasteiger partial charge in [-0.15, -0.1) is 0 Å². The molecule has 0 unspecified atom stereocenters. The molecule has 2 aliphatic carbocycles. The Balaban J connectivity index is 1.74. The second-order valence-electron chi connectivity index (χ2n) is 6.81. The van der Waals surface area contributed by atoms with Gasteiger partial charge in [0.25, 0.3) is 0 Å². The molecular formula is C20H14Cl2F2O2S. The minimum absolute atomic E-state index is 0.0184. The molecule has 4 rings (SSSR count). The van der Waals surface area contributed by atoms with E-state index in [-0.39, 0.29) is 10.3 Å². The van der Waals surface area contributed by atoms with Crippen molar-refractivity contribution in [2.75, 3.05) is 0 Å². The summed E-state index contributed by atoms with van der Waals surface area (Å²) in [5.41, 5.74) is 3.61. The van der Waals surface area contributed by atoms with Gasteiger partial charge in [-0.2, -0.15) is 8.78 Å². The Morgan fingerprint density at radius 3 is 1.93 bits per heavy atom. The highest BCUT2D eigenvalue weighted by atomic mass is 35.5. The van der Waals surface area contributed by atoms with Crippen LogP contribution in [0.4, 0.5) is 8.78 Å². The summed E-state index contributed by atoms with van der Waals surface area (Å²) in [5.74, 6) is -3.43. The van der Waals surface area contributed by atoms with E-state index in [1.54, 1.807) is 24.3 Å². The van der Waals surface area contributed by atoms with Crippen LogP contribution in [0.3, 0.4) is 0 Å². The molecule has 0 atom stereocenters. The van der Waals surface area contributed by atoms with Crippen LogP contribution in [0, 0.1) is 5.41 Å². The normalized spacial score (nSPS) is 18.0. The molecule has 0 N–H and O–H groups in total. The second kappa shape index (κ2) is 6.43. The van der Waals surface area contributed by atoms with Crippen molar-refractivity contribution in [3.05, 3.63) is 75.8 Å². The quantitative estimate of drug-likeness (QED) is 0.578. The Morgan fingerprint density at radius 2 is 1.41 bits per heavy atom. The van der Waals surface area contributed by atoms with Crippen LogP contribution >= 0.6 is 23.2 Å². The third kappa shape index (κ3) is 3.33. The smallest absolute Gasteiger partial charge is 0.218 e. The lowest BCUT2D eigenvalue weighted by Gasteiger charge is -2.11. The summed E-state index contributed by atoms with van der Waals surface area (Å²) in [7, 11) is -4.60. The molecule has 140 valence electrons. The van der Waals surface area contributed by atoms with Crippen molar-refractivity contribution in [3.8, 4) is 0 Å². The van der Waals surface area contributed by atoms with Crippen molar-refractivity contribution in [3.63, 3.8) is 0 Å². The van der Waals surface area contributed by atoms with Gasteiger partial charge in [-0.25, -0.2) is 8.42 Å². The van der Waals surface area contributed by atoms with E-state index in [2.05, 4.69) is 12.2 Å². The maximum absolute atomic E-state index is 12.7. The van der Waals surface area contributed by atoms with Gasteiger partial charge < -0.3 is 0 Å². The van der Waals surface area contributed by atoms with Crippen LogP contribution < -0.4 is 0 Å². The molecule has 2 nitrogen and oxygen atoms in total. The maximum atomic E-state index is 12.7. The molecule has 1 saturated carbocycles. The lowest BCUT2D eigenvalue weighted by Crippen LogP contribution is -2.11. The van der Waals surface area contributed by atoms with E-state index in [4.69, 9.17) is 23.2 Å². The van der Waals surface area contributed by atoms with E-state index >= 15 is 0 Å². The molecule has 7 heteroatoms. The molecule has 0 radical (unpaired) electrons. The molecule has 0 aliphatic heterocycles. The lowest BCUT2D eigenvalue weighted by molar-refractivity contribution is 0.234. The van der Waals surface area contributed by atoms with Crippen LogP contribution in [0.1, 0.15) is 24.0 Å². The molecule has 1 fully saturated rings. The summed E-state index contributed by atoms with van der Waals surface area (Å²) in [6.45, 7) is 0. The molecule has 0 saturated heterocycles. The Morgan fingerprint density at radius 1 is 0.852 bits per heavy atom. The molecule has 2 aromatic carbocycles. The number of halogens is 4. The molecule has 27 heavy (non-hydrogen) atoms. The fourth-order valence-electron chi connectivity index (χ4n) is 3.27. The SMILES string of the molecule is O=S(=O)(c1ccc(C2=CC3(C=C2c2ccc(Cl)c(Cl)c2)CC3)cc1)C(F)F. The van der Waals surface area contributed by atoms with Gasteiger partial charge in [-0.05, 0) is 59.4 Å². The van der Waals surface area contributed by atoms with Crippen molar-refractivity contribution in [2.45, 2.75) is 23.5 Å². The van der Waals surface area contributed by atoms with E-state index in [9.17, 15) is 17.2 Å². The largest absolute Gasteiger partial charge is 0.341 e. The van der Waals surface area contributed by atoms with Gasteiger partial charge in [-0.1, -0.05) is 53.6 Å². The maximum Gasteiger partial charge on any atom is 0.341 e. The zero-order valence-electron chi connectivity index (χ0n) is 13.9. The number of rotatable bonds is 4. The minimum Gasteiger partial charge on any atom is -0.218 e. The van der Waals surface area contributed by atoms with Crippen LogP contribution in [-0.2, 0) is 9.84 Å². The highest BCUT2D eigenvalue weighted by Crippen LogP contribution is 2.57. The molecule has 1 spiro atoms. The van der Waals surface area contributed by atoms with Crippen LogP contribution in [0.25, 0.3) is 11.1 Å². The summed E-state index contributed by atoms with van der Waals surface area (Å²) in [6, 6.07) is 11.0. The first kappa shape index (κ1) is 18.7. The van der Waals surface area contributed by atoms with Gasteiger partial charge in [0.05, 0.1) is 14.9 Å². The van der Waals surface area contributed by atoms with E-state index in [0.29, 0.717) is 10.0 Å². The third-order valence-corrected chi connectivity index (χ3v) is 7.08. The van der Waals surface area contributed by atoms with Crippen molar-refractivity contribution >= 4 is 44.2 Å². The molecule has 0 bridgehead atoms. The van der Waals surface area contributed by atoms with Crippen LogP contribution in [0.2, 0.25) is 10.0 Å². The average molecular weight is 427 g/mol. The first-order valence-corrected chi connectivity index (χ1v) is 10.6. The Bertz CT molecular complexity index is 1080. The predicted molar refractivity (Wildman–Crippen MR) is 104 cm³/mol. The highest BCUT2D eigenvalue weighted by Gasteiger charge is 2.43. The summed E-state index contributed by atoms with van der Waals surface area (Å²) in [5, 5.41) is 0.914. The zero-order valence-corrected chi connectivity index (χ0v) is 16.3. The summed E-state index contributed by atoms with van der Waals surface area (Å²) < 4.78 is 48.7. The first-order valence-electron chi connectivity index (χ1n) is 8.26. The first-order chi connectivity index (χ1) is 12.7. The van der Waals surface area contributed by atoms with Gasteiger partial charge >= 0.3 is 5.76 Å². The van der Waals surface area contributed by atoms with Crippen molar-refractivity contribution in [2.24, 2.45) is 5.41 Å². The monoisotopic (exact) mass is 426 g/mol. The molecule has 2 aliphatic rings. The molecule has 2 aromatic rings. The fourth-order valence-corrected chi connectivity index (χ4v) is 4.29. The van der Waals surface area contributed by atoms with Gasteiger partial charge in [0.15, 0.2) is 0 Å². The van der Waals surface area contributed by atoms with E-state index in [1.165, 1.54) is 12.1 Å². The lowest BCUT2D eigenvalue weighted by atomic mass is 9.95. The topological polar surface area (TPSA) is 34.1 Å². The third-order valence-electron chi connectivity index (χ3n) is 4.94. The zero-order chi connectivity index (χ0) is 19.4. The van der Waals surface area contributed by atoms with Crippen molar-refractivity contribution in [1.82, 2.24) is 0 Å². The molecule has 0 amide bonds. The Hall–Kier alpha value is -1.69. The van der Waals surface area contributed by atoms with Crippen LogP contribution in [0.15, 0.2) is 59.5 Å². The number of benzene rings is 2. The summed E-state index contributed by atoms with van der Waals surface area (Å²) in [4.78, 5) is -0.388. The van der Waals surface area contributed by atoms with Gasteiger partial charge in [0.2, 0.25) is 9.84 Å². The minimum atomic E-state index is -4.60. The fraction of sp³-hybridized carbons (Fsp3) is 0.200. The highest BCUT2D eigenvalue weighted by molar-refractivity contribution is 7.91. The van der Waals surface area contributed by atoms with E-state index < -0.39 is 15.6 Å². The number of alkyl halides is 2. The van der Waals surface area contributed by atoms with Crippen molar-refractivity contribution in [1.29, 1.82) is 0 Å². The molecular weight excluding hydrogens is 413 g/mol.